The van der Waals surface area contributed by atoms with Crippen molar-refractivity contribution in [1.29, 1.82) is 0 Å². The van der Waals surface area contributed by atoms with Crippen LogP contribution in [0.5, 0.6) is 11.5 Å². The standard InChI is InChI=1S/C25H24N2O5/c26-23(28)15-14-22(25(30)31-17-18-8-3-1-4-9-18)27-24(29)19-10-7-13-21(16-19)32-20-11-5-2-6-12-20/h1-13,16,22H,14-15,17H2,(H2,26,28)(H,27,29)/t22-/m0/s1. The third-order valence-corrected chi connectivity index (χ3v) is 4.57. The summed E-state index contributed by atoms with van der Waals surface area (Å²) in [7, 11) is 0. The third-order valence-electron chi connectivity index (χ3n) is 4.57. The molecule has 3 rings (SSSR count). The van der Waals surface area contributed by atoms with Crippen molar-refractivity contribution in [2.45, 2.75) is 25.5 Å². The molecule has 0 aliphatic heterocycles. The van der Waals surface area contributed by atoms with E-state index in [0.717, 1.165) is 5.56 Å². The van der Waals surface area contributed by atoms with E-state index in [1.165, 1.54) is 0 Å². The van der Waals surface area contributed by atoms with Gasteiger partial charge in [0.15, 0.2) is 0 Å². The zero-order valence-corrected chi connectivity index (χ0v) is 17.4. The first-order valence-electron chi connectivity index (χ1n) is 10.1. The molecule has 0 aliphatic carbocycles. The first-order chi connectivity index (χ1) is 15.5. The molecule has 0 aromatic heterocycles. The van der Waals surface area contributed by atoms with Crippen LogP contribution in [0.2, 0.25) is 0 Å². The average molecular weight is 432 g/mol. The minimum atomic E-state index is -1.02. The summed E-state index contributed by atoms with van der Waals surface area (Å²) in [5.41, 5.74) is 6.34. The second kappa shape index (κ2) is 11.3. The zero-order valence-electron chi connectivity index (χ0n) is 17.4. The number of ether oxygens (including phenoxy) is 2. The number of nitrogens with one attached hydrogen (secondary N) is 1. The highest BCUT2D eigenvalue weighted by Crippen LogP contribution is 2.22. The normalized spacial score (nSPS) is 11.2. The molecule has 3 aromatic rings. The number of para-hydroxylation sites is 1. The minimum absolute atomic E-state index is 0.0366. The Labute approximate surface area is 186 Å². The smallest absolute Gasteiger partial charge is 0.328 e. The van der Waals surface area contributed by atoms with Crippen LogP contribution in [0, 0.1) is 0 Å². The summed E-state index contributed by atoms with van der Waals surface area (Å²) in [5, 5.41) is 2.64. The van der Waals surface area contributed by atoms with E-state index in [4.69, 9.17) is 15.2 Å². The highest BCUT2D eigenvalue weighted by Gasteiger charge is 2.24. The fourth-order valence-corrected chi connectivity index (χ4v) is 2.93. The number of carbonyl (C=O) groups excluding carboxylic acids is 3. The average Bonchev–Trinajstić information content (AvgIpc) is 2.81. The summed E-state index contributed by atoms with van der Waals surface area (Å²) in [6.07, 6.45) is -0.0303. The molecule has 0 radical (unpaired) electrons. The van der Waals surface area contributed by atoms with Crippen LogP contribution in [0.3, 0.4) is 0 Å². The van der Waals surface area contributed by atoms with E-state index in [9.17, 15) is 14.4 Å². The largest absolute Gasteiger partial charge is 0.459 e. The Morgan fingerprint density at radius 3 is 2.19 bits per heavy atom. The van der Waals surface area contributed by atoms with Crippen molar-refractivity contribution in [3.63, 3.8) is 0 Å². The summed E-state index contributed by atoms with van der Waals surface area (Å²) < 4.78 is 11.1. The summed E-state index contributed by atoms with van der Waals surface area (Å²) in [4.78, 5) is 36.6. The molecule has 1 atom stereocenters. The van der Waals surface area contributed by atoms with E-state index in [1.54, 1.807) is 36.4 Å². The first kappa shape index (κ1) is 22.6. The molecule has 3 aromatic carbocycles. The Bertz CT molecular complexity index is 1050. The van der Waals surface area contributed by atoms with Crippen LogP contribution in [0.4, 0.5) is 0 Å². The number of hydrogen-bond acceptors (Lipinski definition) is 5. The number of rotatable bonds is 10. The molecule has 164 valence electrons. The van der Waals surface area contributed by atoms with E-state index in [0.29, 0.717) is 17.1 Å². The highest BCUT2D eigenvalue weighted by molar-refractivity contribution is 5.97. The van der Waals surface area contributed by atoms with E-state index in [2.05, 4.69) is 5.32 Å². The molecule has 3 N–H and O–H groups in total. The Hall–Kier alpha value is -4.13. The molecule has 0 saturated heterocycles. The number of benzene rings is 3. The highest BCUT2D eigenvalue weighted by atomic mass is 16.5. The van der Waals surface area contributed by atoms with Crippen molar-refractivity contribution in [3.8, 4) is 11.5 Å². The van der Waals surface area contributed by atoms with Gasteiger partial charge in [-0.15, -0.1) is 0 Å². The molecular formula is C25H24N2O5. The first-order valence-corrected chi connectivity index (χ1v) is 10.1. The van der Waals surface area contributed by atoms with Crippen molar-refractivity contribution in [3.05, 3.63) is 96.1 Å². The number of hydrogen-bond donors (Lipinski definition) is 2. The number of esters is 1. The Balaban J connectivity index is 1.66. The fraction of sp³-hybridized carbons (Fsp3) is 0.160. The zero-order chi connectivity index (χ0) is 22.8. The second-order valence-electron chi connectivity index (χ2n) is 7.07. The predicted octanol–water partition coefficient (Wildman–Crippen LogP) is 3.59. The van der Waals surface area contributed by atoms with E-state index >= 15 is 0 Å². The van der Waals surface area contributed by atoms with Crippen LogP contribution in [0.15, 0.2) is 84.9 Å². The summed E-state index contributed by atoms with van der Waals surface area (Å²) in [5.74, 6) is -0.591. The van der Waals surface area contributed by atoms with Gasteiger partial charge >= 0.3 is 5.97 Å². The van der Waals surface area contributed by atoms with E-state index in [-0.39, 0.29) is 19.4 Å². The van der Waals surface area contributed by atoms with Crippen molar-refractivity contribution < 1.29 is 23.9 Å². The van der Waals surface area contributed by atoms with Crippen molar-refractivity contribution in [1.82, 2.24) is 5.32 Å². The lowest BCUT2D eigenvalue weighted by molar-refractivity contribution is -0.147. The monoisotopic (exact) mass is 432 g/mol. The van der Waals surface area contributed by atoms with Crippen LogP contribution >= 0.6 is 0 Å². The van der Waals surface area contributed by atoms with Gasteiger partial charge in [0.2, 0.25) is 5.91 Å². The molecule has 32 heavy (non-hydrogen) atoms. The molecule has 0 saturated carbocycles. The van der Waals surface area contributed by atoms with Crippen molar-refractivity contribution in [2.24, 2.45) is 5.73 Å². The van der Waals surface area contributed by atoms with Gasteiger partial charge in [-0.25, -0.2) is 4.79 Å². The third kappa shape index (κ3) is 6.98. The number of nitrogens with two attached hydrogens (primary N) is 1. The molecule has 0 spiro atoms. The van der Waals surface area contributed by atoms with Gasteiger partial charge in [0.05, 0.1) is 0 Å². The number of carbonyl (C=O) groups is 3. The van der Waals surface area contributed by atoms with Gasteiger partial charge in [0, 0.05) is 12.0 Å². The molecule has 0 bridgehead atoms. The maximum Gasteiger partial charge on any atom is 0.328 e. The topological polar surface area (TPSA) is 108 Å². The van der Waals surface area contributed by atoms with Crippen LogP contribution in [0.25, 0.3) is 0 Å². The summed E-state index contributed by atoms with van der Waals surface area (Å²) in [6, 6.07) is 23.9. The van der Waals surface area contributed by atoms with E-state index in [1.807, 2.05) is 48.5 Å². The molecular weight excluding hydrogens is 408 g/mol. The van der Waals surface area contributed by atoms with Gasteiger partial charge in [-0.1, -0.05) is 54.6 Å². The lowest BCUT2D eigenvalue weighted by Gasteiger charge is -2.17. The van der Waals surface area contributed by atoms with Gasteiger partial charge in [-0.2, -0.15) is 0 Å². The molecule has 2 amide bonds. The lowest BCUT2D eigenvalue weighted by atomic mass is 10.1. The quantitative estimate of drug-likeness (QED) is 0.476. The Kier molecular flexibility index (Phi) is 7.97. The summed E-state index contributed by atoms with van der Waals surface area (Å²) in [6.45, 7) is 0.0585. The molecule has 7 nitrogen and oxygen atoms in total. The molecule has 7 heteroatoms. The van der Waals surface area contributed by atoms with Gasteiger partial charge in [-0.05, 0) is 42.3 Å². The maximum atomic E-state index is 12.8. The van der Waals surface area contributed by atoms with Gasteiger partial charge in [0.25, 0.3) is 5.91 Å². The SMILES string of the molecule is NC(=O)CC[C@H](NC(=O)c1cccc(Oc2ccccc2)c1)C(=O)OCc1ccccc1. The van der Waals surface area contributed by atoms with E-state index < -0.39 is 23.8 Å². The number of primary amides is 1. The van der Waals surface area contributed by atoms with Crippen LogP contribution in [-0.2, 0) is 20.9 Å². The van der Waals surface area contributed by atoms with Crippen molar-refractivity contribution in [2.75, 3.05) is 0 Å². The molecule has 0 heterocycles. The van der Waals surface area contributed by atoms with Crippen LogP contribution in [-0.4, -0.2) is 23.8 Å². The fourth-order valence-electron chi connectivity index (χ4n) is 2.93. The molecule has 0 fully saturated rings. The molecule has 0 aliphatic rings. The van der Waals surface area contributed by atoms with Crippen LogP contribution in [0.1, 0.15) is 28.8 Å². The lowest BCUT2D eigenvalue weighted by Crippen LogP contribution is -2.42. The Morgan fingerprint density at radius 1 is 0.844 bits per heavy atom. The number of amides is 2. The minimum Gasteiger partial charge on any atom is -0.459 e. The van der Waals surface area contributed by atoms with Gasteiger partial charge in [-0.3, -0.25) is 9.59 Å². The predicted molar refractivity (Wildman–Crippen MR) is 119 cm³/mol. The maximum absolute atomic E-state index is 12.8. The molecule has 0 unspecified atom stereocenters. The second-order valence-corrected chi connectivity index (χ2v) is 7.07. The van der Waals surface area contributed by atoms with Crippen LogP contribution < -0.4 is 15.8 Å². The summed E-state index contributed by atoms with van der Waals surface area (Å²) >= 11 is 0. The van der Waals surface area contributed by atoms with Crippen molar-refractivity contribution >= 4 is 17.8 Å². The Morgan fingerprint density at radius 2 is 1.50 bits per heavy atom. The van der Waals surface area contributed by atoms with Gasteiger partial charge < -0.3 is 20.5 Å². The van der Waals surface area contributed by atoms with Gasteiger partial charge in [0.1, 0.15) is 24.1 Å².